The fourth-order valence-corrected chi connectivity index (χ4v) is 2.07. The highest BCUT2D eigenvalue weighted by Crippen LogP contribution is 2.29. The lowest BCUT2D eigenvalue weighted by molar-refractivity contribution is -0.122. The van der Waals surface area contributed by atoms with Gasteiger partial charge in [-0.1, -0.05) is 24.3 Å². The molecule has 3 N–H and O–H groups in total. The Hall–Kier alpha value is -2.23. The van der Waals surface area contributed by atoms with E-state index in [4.69, 9.17) is 10.5 Å². The van der Waals surface area contributed by atoms with Crippen molar-refractivity contribution in [3.8, 4) is 5.75 Å². The van der Waals surface area contributed by atoms with Crippen molar-refractivity contribution in [1.82, 2.24) is 5.32 Å². The minimum atomic E-state index is -0.000231. The van der Waals surface area contributed by atoms with Crippen LogP contribution in [0.15, 0.2) is 36.4 Å². The maximum atomic E-state index is 11.6. The highest BCUT2D eigenvalue weighted by molar-refractivity contribution is 5.97. The van der Waals surface area contributed by atoms with Crippen molar-refractivity contribution in [2.45, 2.75) is 26.3 Å². The zero-order chi connectivity index (χ0) is 14.5. The third-order valence-electron chi connectivity index (χ3n) is 2.95. The monoisotopic (exact) mass is 272 g/mol. The standard InChI is InChI=1S/C16H20N2O2/c1-11(2)18-16(19)9-10-20-15-8-7-14(17)12-5-3-4-6-13(12)15/h3-8,11H,9-10,17H2,1-2H3,(H,18,19). The van der Waals surface area contributed by atoms with Gasteiger partial charge in [0.05, 0.1) is 13.0 Å². The fourth-order valence-electron chi connectivity index (χ4n) is 2.07. The van der Waals surface area contributed by atoms with E-state index in [1.54, 1.807) is 0 Å². The van der Waals surface area contributed by atoms with Crippen LogP contribution in [0.1, 0.15) is 20.3 Å². The second-order valence-corrected chi connectivity index (χ2v) is 5.02. The van der Waals surface area contributed by atoms with Crippen molar-refractivity contribution in [2.24, 2.45) is 0 Å². The Kier molecular flexibility index (Phi) is 4.45. The number of fused-ring (bicyclic) bond motifs is 1. The summed E-state index contributed by atoms with van der Waals surface area (Å²) in [4.78, 5) is 11.6. The predicted molar refractivity (Wildman–Crippen MR) is 81.8 cm³/mol. The number of nitrogens with two attached hydrogens (primary N) is 1. The first kappa shape index (κ1) is 14.2. The van der Waals surface area contributed by atoms with Crippen LogP contribution in [0.5, 0.6) is 5.75 Å². The van der Waals surface area contributed by atoms with E-state index in [1.165, 1.54) is 0 Å². The predicted octanol–water partition coefficient (Wildman–Crippen LogP) is 2.72. The molecule has 4 heteroatoms. The van der Waals surface area contributed by atoms with Crippen LogP contribution in [0, 0.1) is 0 Å². The molecule has 1 amide bonds. The number of nitrogens with one attached hydrogen (secondary N) is 1. The molecule has 0 saturated carbocycles. The van der Waals surface area contributed by atoms with Crippen molar-refractivity contribution in [3.05, 3.63) is 36.4 Å². The van der Waals surface area contributed by atoms with Crippen LogP contribution in [0.3, 0.4) is 0 Å². The zero-order valence-electron chi connectivity index (χ0n) is 11.8. The average Bonchev–Trinajstić information content (AvgIpc) is 2.41. The Labute approximate surface area is 118 Å². The smallest absolute Gasteiger partial charge is 0.223 e. The molecule has 2 aromatic carbocycles. The van der Waals surface area contributed by atoms with E-state index in [0.717, 1.165) is 22.2 Å². The minimum Gasteiger partial charge on any atom is -0.492 e. The van der Waals surface area contributed by atoms with Crippen LogP contribution in [0.25, 0.3) is 10.8 Å². The van der Waals surface area contributed by atoms with Crippen molar-refractivity contribution in [2.75, 3.05) is 12.3 Å². The Morgan fingerprint density at radius 2 is 1.90 bits per heavy atom. The van der Waals surface area contributed by atoms with Gasteiger partial charge in [-0.25, -0.2) is 0 Å². The number of hydrogen-bond donors (Lipinski definition) is 2. The molecule has 0 unspecified atom stereocenters. The van der Waals surface area contributed by atoms with Crippen LogP contribution >= 0.6 is 0 Å². The van der Waals surface area contributed by atoms with Gasteiger partial charge < -0.3 is 15.8 Å². The Balaban J connectivity index is 2.04. The molecule has 0 saturated heterocycles. The summed E-state index contributed by atoms with van der Waals surface area (Å²) in [5, 5.41) is 4.77. The summed E-state index contributed by atoms with van der Waals surface area (Å²) in [5.41, 5.74) is 6.66. The molecule has 0 radical (unpaired) electrons. The number of nitrogen functional groups attached to an aromatic ring is 1. The van der Waals surface area contributed by atoms with Crippen LogP contribution in [0.4, 0.5) is 5.69 Å². The van der Waals surface area contributed by atoms with Gasteiger partial charge in [0, 0.05) is 22.5 Å². The van der Waals surface area contributed by atoms with E-state index >= 15 is 0 Å². The van der Waals surface area contributed by atoms with Gasteiger partial charge >= 0.3 is 0 Å². The maximum Gasteiger partial charge on any atom is 0.223 e. The van der Waals surface area contributed by atoms with E-state index in [1.807, 2.05) is 50.2 Å². The Bertz CT molecular complexity index is 608. The molecule has 4 nitrogen and oxygen atoms in total. The molecule has 0 aliphatic rings. The number of carbonyl (C=O) groups excluding carboxylic acids is 1. The summed E-state index contributed by atoms with van der Waals surface area (Å²) in [6, 6.07) is 11.6. The van der Waals surface area contributed by atoms with Gasteiger partial charge in [-0.3, -0.25) is 4.79 Å². The number of benzene rings is 2. The number of rotatable bonds is 5. The van der Waals surface area contributed by atoms with E-state index in [-0.39, 0.29) is 11.9 Å². The van der Waals surface area contributed by atoms with E-state index in [0.29, 0.717) is 13.0 Å². The molecule has 0 atom stereocenters. The average molecular weight is 272 g/mol. The summed E-state index contributed by atoms with van der Waals surface area (Å²) < 4.78 is 5.71. The number of anilines is 1. The minimum absolute atomic E-state index is 0.000231. The highest BCUT2D eigenvalue weighted by atomic mass is 16.5. The van der Waals surface area contributed by atoms with Gasteiger partial charge in [0.1, 0.15) is 5.75 Å². The Morgan fingerprint density at radius 3 is 2.60 bits per heavy atom. The maximum absolute atomic E-state index is 11.6. The summed E-state index contributed by atoms with van der Waals surface area (Å²) in [6.07, 6.45) is 0.344. The first-order chi connectivity index (χ1) is 9.58. The number of hydrogen-bond acceptors (Lipinski definition) is 3. The molecule has 2 rings (SSSR count). The molecule has 0 aliphatic heterocycles. The molecular formula is C16H20N2O2. The lowest BCUT2D eigenvalue weighted by Gasteiger charge is -2.12. The van der Waals surface area contributed by atoms with Crippen molar-refractivity contribution in [1.29, 1.82) is 0 Å². The largest absolute Gasteiger partial charge is 0.492 e. The first-order valence-corrected chi connectivity index (χ1v) is 6.77. The summed E-state index contributed by atoms with van der Waals surface area (Å²) in [6.45, 7) is 4.23. The first-order valence-electron chi connectivity index (χ1n) is 6.77. The van der Waals surface area contributed by atoms with Crippen LogP contribution in [-0.4, -0.2) is 18.6 Å². The molecule has 0 spiro atoms. The summed E-state index contributed by atoms with van der Waals surface area (Å²) >= 11 is 0. The van der Waals surface area contributed by atoms with Gasteiger partial charge in [0.2, 0.25) is 5.91 Å². The SMILES string of the molecule is CC(C)NC(=O)CCOc1ccc(N)c2ccccc12. The van der Waals surface area contributed by atoms with E-state index < -0.39 is 0 Å². The van der Waals surface area contributed by atoms with Gasteiger partial charge in [-0.05, 0) is 26.0 Å². The zero-order valence-corrected chi connectivity index (χ0v) is 11.8. The second kappa shape index (κ2) is 6.28. The van der Waals surface area contributed by atoms with Crippen molar-refractivity contribution < 1.29 is 9.53 Å². The lowest BCUT2D eigenvalue weighted by atomic mass is 10.1. The van der Waals surface area contributed by atoms with E-state index in [2.05, 4.69) is 5.32 Å². The normalized spacial score (nSPS) is 10.8. The highest BCUT2D eigenvalue weighted by Gasteiger charge is 2.07. The Morgan fingerprint density at radius 1 is 1.20 bits per heavy atom. The summed E-state index contributed by atoms with van der Waals surface area (Å²) in [5.74, 6) is 0.756. The quantitative estimate of drug-likeness (QED) is 0.823. The molecule has 20 heavy (non-hydrogen) atoms. The fraction of sp³-hybridized carbons (Fsp3) is 0.312. The third kappa shape index (κ3) is 3.41. The third-order valence-corrected chi connectivity index (χ3v) is 2.95. The molecule has 106 valence electrons. The molecule has 0 fully saturated rings. The van der Waals surface area contributed by atoms with Gasteiger partial charge in [-0.15, -0.1) is 0 Å². The van der Waals surface area contributed by atoms with Crippen molar-refractivity contribution >= 4 is 22.4 Å². The molecule has 2 aromatic rings. The lowest BCUT2D eigenvalue weighted by Crippen LogP contribution is -2.31. The molecule has 0 heterocycles. The van der Waals surface area contributed by atoms with Gasteiger partial charge in [0.25, 0.3) is 0 Å². The number of carbonyl (C=O) groups is 1. The van der Waals surface area contributed by atoms with E-state index in [9.17, 15) is 4.79 Å². The molecular weight excluding hydrogens is 252 g/mol. The topological polar surface area (TPSA) is 64.3 Å². The van der Waals surface area contributed by atoms with Gasteiger partial charge in [0.15, 0.2) is 0 Å². The molecule has 0 aliphatic carbocycles. The number of amides is 1. The number of ether oxygens (including phenoxy) is 1. The van der Waals surface area contributed by atoms with Crippen LogP contribution < -0.4 is 15.8 Å². The van der Waals surface area contributed by atoms with Gasteiger partial charge in [-0.2, -0.15) is 0 Å². The second-order valence-electron chi connectivity index (χ2n) is 5.02. The van der Waals surface area contributed by atoms with Crippen LogP contribution in [0.2, 0.25) is 0 Å². The van der Waals surface area contributed by atoms with Crippen molar-refractivity contribution in [3.63, 3.8) is 0 Å². The molecule has 0 aromatic heterocycles. The molecule has 0 bridgehead atoms. The van der Waals surface area contributed by atoms with Crippen LogP contribution in [-0.2, 0) is 4.79 Å². The summed E-state index contributed by atoms with van der Waals surface area (Å²) in [7, 11) is 0.